The van der Waals surface area contributed by atoms with Crippen LogP contribution >= 0.6 is 23.2 Å². The smallest absolute Gasteiger partial charge is 0.356 e. The number of ether oxygens (including phenoxy) is 2. The lowest BCUT2D eigenvalue weighted by Gasteiger charge is -2.23. The van der Waals surface area contributed by atoms with Gasteiger partial charge in [-0.25, -0.2) is 14.8 Å². The Balaban J connectivity index is 0.000000232. The molecule has 0 unspecified atom stereocenters. The molecule has 3 amide bonds. The number of carboxylic acid groups (broad SMARTS) is 1. The van der Waals surface area contributed by atoms with Crippen molar-refractivity contribution >= 4 is 58.5 Å². The number of benzene rings is 4. The fourth-order valence-corrected chi connectivity index (χ4v) is 9.10. The molecule has 0 spiro atoms. The number of imidazole rings is 2. The highest BCUT2D eigenvalue weighted by molar-refractivity contribution is 6.31. The Morgan fingerprint density at radius 3 is 1.59 bits per heavy atom. The van der Waals surface area contributed by atoms with Gasteiger partial charge in [0.05, 0.1) is 13.2 Å². The molecule has 0 fully saturated rings. The van der Waals surface area contributed by atoms with Gasteiger partial charge in [0.2, 0.25) is 0 Å². The van der Waals surface area contributed by atoms with Crippen molar-refractivity contribution in [2.75, 3.05) is 36.1 Å². The highest BCUT2D eigenvalue weighted by Crippen LogP contribution is 2.31. The maximum absolute atomic E-state index is 13.7. The van der Waals surface area contributed by atoms with Crippen molar-refractivity contribution in [2.24, 2.45) is 5.73 Å². The maximum atomic E-state index is 13.7. The van der Waals surface area contributed by atoms with E-state index in [4.69, 9.17) is 43.4 Å². The molecule has 73 heavy (non-hydrogen) atoms. The molecule has 0 atom stereocenters. The molecule has 6 aromatic rings. The lowest BCUT2D eigenvalue weighted by molar-refractivity contribution is 0.0684. The van der Waals surface area contributed by atoms with E-state index in [-0.39, 0.29) is 30.7 Å². The van der Waals surface area contributed by atoms with E-state index in [1.807, 2.05) is 73.9 Å². The normalized spacial score (nSPS) is 12.4. The molecule has 0 aliphatic carbocycles. The predicted molar refractivity (Wildman–Crippen MR) is 290 cm³/mol. The van der Waals surface area contributed by atoms with Crippen molar-refractivity contribution in [3.05, 3.63) is 152 Å². The van der Waals surface area contributed by atoms with Gasteiger partial charge in [-0.3, -0.25) is 24.2 Å². The van der Waals surface area contributed by atoms with Crippen molar-refractivity contribution in [3.63, 3.8) is 0 Å². The van der Waals surface area contributed by atoms with Crippen LogP contribution in [0.3, 0.4) is 0 Å². The van der Waals surface area contributed by atoms with Crippen molar-refractivity contribution in [1.29, 1.82) is 0 Å². The summed E-state index contributed by atoms with van der Waals surface area (Å²) in [7, 11) is 0. The molecular weight excluding hydrogens is 968 g/mol. The number of hydrogen-bond acceptors (Lipinski definition) is 9. The van der Waals surface area contributed by atoms with Crippen LogP contribution in [0.4, 0.5) is 11.6 Å². The number of aromatic nitrogens is 4. The third kappa shape index (κ3) is 14.5. The Labute approximate surface area is 440 Å². The summed E-state index contributed by atoms with van der Waals surface area (Å²) >= 11 is 12.2. The first-order valence-corrected chi connectivity index (χ1v) is 26.2. The molecular formula is C56H70Cl2N8O7. The van der Waals surface area contributed by atoms with Crippen LogP contribution in [0.15, 0.2) is 97.1 Å². The summed E-state index contributed by atoms with van der Waals surface area (Å²) < 4.78 is 14.8. The van der Waals surface area contributed by atoms with E-state index < -0.39 is 5.97 Å². The van der Waals surface area contributed by atoms with Gasteiger partial charge in [-0.05, 0) is 101 Å². The number of nitrogens with two attached hydrogens (primary N) is 1. The number of fused-ring (bicyclic) bond motifs is 2. The molecule has 0 radical (unpaired) electrons. The number of halogens is 2. The first kappa shape index (κ1) is 55.6. The molecule has 390 valence electrons. The molecule has 15 nitrogen and oxygen atoms in total. The summed E-state index contributed by atoms with van der Waals surface area (Å²) in [5.74, 6) is 2.10. The number of hydrogen-bond donors (Lipinski definition) is 3. The largest absolute Gasteiger partial charge is 0.494 e. The van der Waals surface area contributed by atoms with Crippen molar-refractivity contribution in [1.82, 2.24) is 24.4 Å². The van der Waals surface area contributed by atoms with E-state index in [9.17, 15) is 24.3 Å². The van der Waals surface area contributed by atoms with Gasteiger partial charge in [-0.2, -0.15) is 0 Å². The Bertz CT molecular complexity index is 2820. The zero-order chi connectivity index (χ0) is 52.3. The van der Waals surface area contributed by atoms with Crippen molar-refractivity contribution < 1.29 is 35.2 Å². The lowest BCUT2D eigenvalue weighted by Crippen LogP contribution is -2.35. The minimum atomic E-state index is -1.05. The Kier molecular flexibility index (Phi) is 21.3. The highest BCUT2D eigenvalue weighted by Gasteiger charge is 2.33. The number of carboxylic acids is 1. The molecule has 0 saturated carbocycles. The molecule has 4 N–H and O–H groups in total. The number of unbranched alkanes of at least 4 members (excludes halogenated alkanes) is 2. The minimum Gasteiger partial charge on any atom is -0.494 e. The van der Waals surface area contributed by atoms with E-state index in [1.165, 1.54) is 4.90 Å². The SMILES string of the molecule is CCCCN(C(=O)c1cccc(Cl)c1)c1nc2n(c1C(=O)NCc1ccccc1OCC)CCCC2.CCCCN(C(=O)c1cccc(Cl)c1)c1nc2n(c1C(=O)O)CCCC2.CCOc1ccccc1CN.[HH]. The van der Waals surface area contributed by atoms with Crippen LogP contribution < -0.4 is 30.3 Å². The summed E-state index contributed by atoms with van der Waals surface area (Å²) in [6, 6.07) is 29.1. The summed E-state index contributed by atoms with van der Waals surface area (Å²) in [4.78, 5) is 64.9. The zero-order valence-corrected chi connectivity index (χ0v) is 43.9. The fraction of sp³-hybridized carbons (Fsp3) is 0.393. The molecule has 2 aliphatic heterocycles. The maximum Gasteiger partial charge on any atom is 0.356 e. The average Bonchev–Trinajstić information content (AvgIpc) is 3.99. The first-order valence-electron chi connectivity index (χ1n) is 25.4. The van der Waals surface area contributed by atoms with E-state index in [0.29, 0.717) is 85.2 Å². The van der Waals surface area contributed by atoms with Crippen molar-refractivity contribution in [3.8, 4) is 11.5 Å². The third-order valence-corrected chi connectivity index (χ3v) is 12.8. The van der Waals surface area contributed by atoms with E-state index in [0.717, 1.165) is 98.5 Å². The van der Waals surface area contributed by atoms with E-state index >= 15 is 0 Å². The van der Waals surface area contributed by atoms with Gasteiger partial charge in [0.25, 0.3) is 17.7 Å². The minimum absolute atomic E-state index is 0. The Hall–Kier alpha value is -6.68. The molecule has 4 aromatic carbocycles. The van der Waals surface area contributed by atoms with Gasteiger partial charge >= 0.3 is 5.97 Å². The second-order valence-corrected chi connectivity index (χ2v) is 18.4. The van der Waals surface area contributed by atoms with Gasteiger partial charge < -0.3 is 34.8 Å². The van der Waals surface area contributed by atoms with E-state index in [1.54, 1.807) is 58.0 Å². The fourth-order valence-electron chi connectivity index (χ4n) is 8.72. The monoisotopic (exact) mass is 1040 g/mol. The Morgan fingerprint density at radius 1 is 0.658 bits per heavy atom. The van der Waals surface area contributed by atoms with Crippen LogP contribution in [0.5, 0.6) is 11.5 Å². The lowest BCUT2D eigenvalue weighted by atomic mass is 10.1. The number of rotatable bonds is 19. The second-order valence-electron chi connectivity index (χ2n) is 17.5. The Morgan fingerprint density at radius 2 is 1.12 bits per heavy atom. The topological polar surface area (TPSA) is 187 Å². The van der Waals surface area contributed by atoms with Crippen molar-refractivity contribution in [2.45, 2.75) is 118 Å². The number of amides is 3. The van der Waals surface area contributed by atoms with Crippen LogP contribution in [0.25, 0.3) is 0 Å². The summed E-state index contributed by atoms with van der Waals surface area (Å²) in [5, 5.41) is 13.8. The van der Waals surface area contributed by atoms with Crippen LogP contribution in [0, 0.1) is 0 Å². The number of aryl methyl sites for hydroxylation is 2. The number of nitrogens with one attached hydrogen (secondary N) is 1. The standard InChI is InChI=1S/C28H33ClN4O3.C19H22ClN3O3.C9H13NO.H2/c1-3-5-16-33(28(35)20-12-10-13-22(29)18-20)26-25(32-17-9-8-15-24(32)31-26)27(34)30-19-21-11-6-7-14-23(21)36-4-2;1-2-3-10-23(18(24)13-7-6-8-14(20)12-13)17-16(19(25)26)22-11-5-4-9-15(22)21-17;1-2-11-9-6-4-3-5-8(9)7-10;/h6-7,10-14,18H,3-5,8-9,15-17,19H2,1-2H3,(H,30,34);6-8,12H,2-5,9-11H2,1H3,(H,25,26);3-6H,2,7,10H2,1H3;1H. The molecule has 2 aromatic heterocycles. The molecule has 4 heterocycles. The third-order valence-electron chi connectivity index (χ3n) is 12.4. The first-order chi connectivity index (χ1) is 35.4. The summed E-state index contributed by atoms with van der Waals surface area (Å²) in [5.41, 5.74) is 8.90. The van der Waals surface area contributed by atoms with Crippen LogP contribution in [0.1, 0.15) is 145 Å². The number of aromatic carboxylic acids is 1. The van der Waals surface area contributed by atoms with Gasteiger partial charge in [-0.15, -0.1) is 0 Å². The van der Waals surface area contributed by atoms with Gasteiger partial charge in [0.15, 0.2) is 23.0 Å². The molecule has 8 rings (SSSR count). The molecule has 2 aliphatic rings. The van der Waals surface area contributed by atoms with Crippen LogP contribution in [0.2, 0.25) is 10.0 Å². The molecule has 17 heteroatoms. The second kappa shape index (κ2) is 28.0. The number of carbonyl (C=O) groups is 4. The van der Waals surface area contributed by atoms with Gasteiger partial charge in [-0.1, -0.05) is 98.4 Å². The molecule has 0 bridgehead atoms. The highest BCUT2D eigenvalue weighted by atomic mass is 35.5. The van der Waals surface area contributed by atoms with Crippen LogP contribution in [-0.4, -0.2) is 74.2 Å². The zero-order valence-electron chi connectivity index (χ0n) is 42.4. The predicted octanol–water partition coefficient (Wildman–Crippen LogP) is 11.5. The van der Waals surface area contributed by atoms with E-state index in [2.05, 4.69) is 17.2 Å². The summed E-state index contributed by atoms with van der Waals surface area (Å²) in [6.45, 7) is 12.3. The number of para-hydroxylation sites is 2. The quantitative estimate of drug-likeness (QED) is 0.0704. The van der Waals surface area contributed by atoms with Gasteiger partial charge in [0, 0.05) is 85.8 Å². The number of nitrogens with zero attached hydrogens (tertiary/aromatic N) is 6. The van der Waals surface area contributed by atoms with Gasteiger partial charge in [0.1, 0.15) is 23.1 Å². The average molecular weight is 1040 g/mol. The van der Waals surface area contributed by atoms with Crippen LogP contribution in [-0.2, 0) is 39.0 Å². The number of carbonyl (C=O) groups excluding carboxylic acids is 3. The number of anilines is 2. The summed E-state index contributed by atoms with van der Waals surface area (Å²) in [6.07, 6.45) is 8.72. The molecule has 0 saturated heterocycles.